The maximum Gasteiger partial charge on any atom is 0.317 e. The van der Waals surface area contributed by atoms with Gasteiger partial charge in [-0.15, -0.1) is 0 Å². The van der Waals surface area contributed by atoms with Gasteiger partial charge < -0.3 is 20.1 Å². The predicted molar refractivity (Wildman–Crippen MR) is 138 cm³/mol. The van der Waals surface area contributed by atoms with Crippen LogP contribution in [0.2, 0.25) is 0 Å². The van der Waals surface area contributed by atoms with Crippen molar-refractivity contribution in [3.63, 3.8) is 0 Å². The van der Waals surface area contributed by atoms with Gasteiger partial charge in [-0.05, 0) is 43.7 Å². The van der Waals surface area contributed by atoms with Gasteiger partial charge in [0, 0.05) is 38.5 Å². The number of para-hydroxylation sites is 1. The summed E-state index contributed by atoms with van der Waals surface area (Å²) in [4.78, 5) is 50.4. The summed E-state index contributed by atoms with van der Waals surface area (Å²) < 4.78 is 14.1. The first-order valence-corrected chi connectivity index (χ1v) is 13.1. The van der Waals surface area contributed by atoms with Gasteiger partial charge in [0.25, 0.3) is 0 Å². The number of nitrogens with one attached hydrogen (secondary N) is 2. The molecule has 3 rings (SSSR count). The number of likely N-dealkylation sites (tertiary alicyclic amines) is 1. The third kappa shape index (κ3) is 6.83. The second-order valence-corrected chi connectivity index (χ2v) is 10.5. The van der Waals surface area contributed by atoms with Crippen LogP contribution in [0.3, 0.4) is 0 Å². The number of urea groups is 1. The fourth-order valence-corrected chi connectivity index (χ4v) is 4.97. The van der Waals surface area contributed by atoms with Crippen molar-refractivity contribution in [2.75, 3.05) is 20.1 Å². The molecule has 1 fully saturated rings. The number of H-pyrrole nitrogens is 1. The summed E-state index contributed by atoms with van der Waals surface area (Å²) in [5, 5.41) is 2.82. The van der Waals surface area contributed by atoms with Crippen LogP contribution < -0.4 is 5.32 Å². The van der Waals surface area contributed by atoms with Crippen LogP contribution in [-0.2, 0) is 9.59 Å². The van der Waals surface area contributed by atoms with E-state index in [9.17, 15) is 18.8 Å². The minimum Gasteiger partial charge on any atom is -0.342 e. The molecule has 1 aromatic heterocycles. The van der Waals surface area contributed by atoms with Crippen LogP contribution >= 0.6 is 0 Å². The Morgan fingerprint density at radius 3 is 2.64 bits per heavy atom. The highest BCUT2D eigenvalue weighted by Gasteiger charge is 2.32. The van der Waals surface area contributed by atoms with Crippen molar-refractivity contribution in [2.24, 2.45) is 5.92 Å². The Morgan fingerprint density at radius 2 is 1.97 bits per heavy atom. The van der Waals surface area contributed by atoms with Crippen molar-refractivity contribution in [3.8, 4) is 0 Å². The van der Waals surface area contributed by atoms with E-state index in [0.717, 1.165) is 25.7 Å². The van der Waals surface area contributed by atoms with E-state index in [4.69, 9.17) is 0 Å². The molecular formula is C27H40FN5O3. The van der Waals surface area contributed by atoms with Gasteiger partial charge in [-0.1, -0.05) is 33.8 Å². The fourth-order valence-electron chi connectivity index (χ4n) is 4.97. The number of halogens is 1. The number of hydrogen-bond acceptors (Lipinski definition) is 4. The molecule has 8 nitrogen and oxygen atoms in total. The van der Waals surface area contributed by atoms with Crippen molar-refractivity contribution in [2.45, 2.75) is 84.2 Å². The first kappa shape index (κ1) is 27.6. The third-order valence-electron chi connectivity index (χ3n) is 6.93. The van der Waals surface area contributed by atoms with Gasteiger partial charge >= 0.3 is 6.03 Å². The number of aromatic amines is 1. The number of imidazole rings is 1. The molecule has 1 aromatic carbocycles. The molecule has 0 aliphatic carbocycles. The highest BCUT2D eigenvalue weighted by molar-refractivity contribution is 5.93. The van der Waals surface area contributed by atoms with Crippen molar-refractivity contribution < 1.29 is 18.8 Å². The summed E-state index contributed by atoms with van der Waals surface area (Å²) in [7, 11) is 1.68. The molecule has 1 aliphatic heterocycles. The Balaban J connectivity index is 1.76. The Bertz CT molecular complexity index is 1070. The first-order chi connectivity index (χ1) is 17.1. The molecule has 198 valence electrons. The average molecular weight is 502 g/mol. The van der Waals surface area contributed by atoms with Gasteiger partial charge in [0.15, 0.2) is 11.6 Å². The first-order valence-electron chi connectivity index (χ1n) is 13.1. The van der Waals surface area contributed by atoms with Gasteiger partial charge in [-0.25, -0.2) is 14.2 Å². The summed E-state index contributed by atoms with van der Waals surface area (Å²) in [6, 6.07) is 3.54. The number of ketones is 1. The number of hydrogen-bond donors (Lipinski definition) is 2. The average Bonchev–Trinajstić information content (AvgIpc) is 3.29. The van der Waals surface area contributed by atoms with Crippen LogP contribution in [0.15, 0.2) is 18.2 Å². The number of benzene rings is 1. The Morgan fingerprint density at radius 1 is 1.22 bits per heavy atom. The molecule has 2 N–H and O–H groups in total. The number of piperidine rings is 1. The summed E-state index contributed by atoms with van der Waals surface area (Å²) in [5.74, 6) is -0.351. The van der Waals surface area contributed by atoms with Crippen LogP contribution in [0.4, 0.5) is 9.18 Å². The van der Waals surface area contributed by atoms with E-state index in [-0.39, 0.29) is 54.0 Å². The van der Waals surface area contributed by atoms with Gasteiger partial charge in [-0.2, -0.15) is 0 Å². The SMILES string of the molecule is CC[C@H]1CCCCN1C(=O)C[C@H](NC(=O)N(C)CC(C)C)C(=O)C[C@@H](C)c1nc2c(F)cccc2[nH]1. The Labute approximate surface area is 213 Å². The summed E-state index contributed by atoms with van der Waals surface area (Å²) in [5.41, 5.74) is 0.799. The summed E-state index contributed by atoms with van der Waals surface area (Å²) in [6.45, 7) is 9.13. The van der Waals surface area contributed by atoms with E-state index in [1.54, 1.807) is 19.2 Å². The smallest absolute Gasteiger partial charge is 0.317 e. The molecule has 3 atom stereocenters. The largest absolute Gasteiger partial charge is 0.342 e. The number of carbonyl (C=O) groups excluding carboxylic acids is 3. The molecule has 0 saturated carbocycles. The molecule has 1 saturated heterocycles. The Kier molecular flexibility index (Phi) is 9.45. The third-order valence-corrected chi connectivity index (χ3v) is 6.93. The standard InChI is InChI=1S/C27H40FN5O3/c1-6-19-10-7-8-13-33(19)24(35)15-22(30-27(36)32(5)16-17(2)3)23(34)14-18(4)26-29-21-12-9-11-20(28)25(21)31-26/h9,11-12,17-19,22H,6-8,10,13-16H2,1-5H3,(H,29,31)(H,30,36)/t18-,19+,22+/m1/s1. The van der Waals surface area contributed by atoms with E-state index >= 15 is 0 Å². The van der Waals surface area contributed by atoms with Crippen LogP contribution in [0, 0.1) is 11.7 Å². The lowest BCUT2D eigenvalue weighted by molar-refractivity contribution is -0.137. The zero-order valence-electron chi connectivity index (χ0n) is 22.1. The second-order valence-electron chi connectivity index (χ2n) is 10.5. The van der Waals surface area contributed by atoms with Crippen LogP contribution in [-0.4, -0.2) is 69.7 Å². The molecule has 2 heterocycles. The zero-order chi connectivity index (χ0) is 26.4. The zero-order valence-corrected chi connectivity index (χ0v) is 22.1. The van der Waals surface area contributed by atoms with E-state index in [1.165, 1.54) is 11.0 Å². The quantitative estimate of drug-likeness (QED) is 0.497. The van der Waals surface area contributed by atoms with E-state index in [2.05, 4.69) is 22.2 Å². The van der Waals surface area contributed by atoms with Crippen LogP contribution in [0.25, 0.3) is 11.0 Å². The lowest BCUT2D eigenvalue weighted by atomic mass is 9.95. The molecule has 9 heteroatoms. The number of carbonyl (C=O) groups is 3. The molecule has 1 aliphatic rings. The molecule has 0 radical (unpaired) electrons. The Hall–Kier alpha value is -2.97. The van der Waals surface area contributed by atoms with Gasteiger partial charge in [-0.3, -0.25) is 9.59 Å². The monoisotopic (exact) mass is 501 g/mol. The van der Waals surface area contributed by atoms with Crippen LogP contribution in [0.1, 0.15) is 78.0 Å². The van der Waals surface area contributed by atoms with Crippen molar-refractivity contribution in [3.05, 3.63) is 29.8 Å². The maximum absolute atomic E-state index is 14.1. The second kappa shape index (κ2) is 12.3. The van der Waals surface area contributed by atoms with Crippen molar-refractivity contribution >= 4 is 28.8 Å². The minimum absolute atomic E-state index is 0.0603. The van der Waals surface area contributed by atoms with Gasteiger partial charge in [0.05, 0.1) is 18.0 Å². The van der Waals surface area contributed by atoms with E-state index < -0.39 is 11.9 Å². The predicted octanol–water partition coefficient (Wildman–Crippen LogP) is 4.61. The summed E-state index contributed by atoms with van der Waals surface area (Å²) in [6.07, 6.45) is 3.86. The molecule has 0 spiro atoms. The molecule has 3 amide bonds. The molecule has 2 aromatic rings. The van der Waals surface area contributed by atoms with E-state index in [1.807, 2.05) is 25.7 Å². The number of nitrogens with zero attached hydrogens (tertiary/aromatic N) is 3. The van der Waals surface area contributed by atoms with E-state index in [0.29, 0.717) is 24.4 Å². The number of amides is 3. The van der Waals surface area contributed by atoms with Crippen molar-refractivity contribution in [1.82, 2.24) is 25.1 Å². The highest BCUT2D eigenvalue weighted by atomic mass is 19.1. The number of aromatic nitrogens is 2. The fraction of sp³-hybridized carbons (Fsp3) is 0.630. The lowest BCUT2D eigenvalue weighted by Gasteiger charge is -2.36. The number of rotatable bonds is 10. The normalized spacial score (nSPS) is 17.8. The van der Waals surface area contributed by atoms with Gasteiger partial charge in [0.2, 0.25) is 5.91 Å². The lowest BCUT2D eigenvalue weighted by Crippen LogP contribution is -2.51. The maximum atomic E-state index is 14.1. The topological polar surface area (TPSA) is 98.4 Å². The molecular weight excluding hydrogens is 461 g/mol. The van der Waals surface area contributed by atoms with Crippen LogP contribution in [0.5, 0.6) is 0 Å². The number of Topliss-reactive ketones (excluding diaryl/α,β-unsaturated/α-hetero) is 1. The summed E-state index contributed by atoms with van der Waals surface area (Å²) >= 11 is 0. The number of fused-ring (bicyclic) bond motifs is 1. The van der Waals surface area contributed by atoms with Crippen molar-refractivity contribution in [1.29, 1.82) is 0 Å². The highest BCUT2D eigenvalue weighted by Crippen LogP contribution is 2.24. The van der Waals surface area contributed by atoms with Gasteiger partial charge in [0.1, 0.15) is 11.3 Å². The molecule has 0 unspecified atom stereocenters. The minimum atomic E-state index is -0.942. The molecule has 0 bridgehead atoms. The molecule has 36 heavy (non-hydrogen) atoms.